The van der Waals surface area contributed by atoms with E-state index in [1.54, 1.807) is 0 Å². The summed E-state index contributed by atoms with van der Waals surface area (Å²) in [5.74, 6) is -1.52. The Morgan fingerprint density at radius 3 is 1.14 bits per heavy atom. The van der Waals surface area contributed by atoms with Gasteiger partial charge in [0, 0.05) is 38.0 Å². The van der Waals surface area contributed by atoms with Crippen LogP contribution in [0, 0.1) is 0 Å². The Morgan fingerprint density at radius 1 is 0.759 bits per heavy atom. The van der Waals surface area contributed by atoms with E-state index in [0.717, 1.165) is 12.2 Å². The summed E-state index contributed by atoms with van der Waals surface area (Å²) in [6.45, 7) is 5.12. The zero-order valence-corrected chi connectivity index (χ0v) is 18.1. The van der Waals surface area contributed by atoms with Gasteiger partial charge in [-0.25, -0.2) is 0 Å². The molecule has 29 heavy (non-hydrogen) atoms. The first-order chi connectivity index (χ1) is 12.8. The van der Waals surface area contributed by atoms with Crippen molar-refractivity contribution in [3.8, 4) is 0 Å². The number of hydrogen-bond acceptors (Lipinski definition) is 12. The van der Waals surface area contributed by atoms with Gasteiger partial charge < -0.3 is 41.5 Å². The molecule has 1 radical (unpaired) electrons. The molecule has 0 aromatic heterocycles. The van der Waals surface area contributed by atoms with Gasteiger partial charge in [-0.2, -0.15) is 16.8 Å². The summed E-state index contributed by atoms with van der Waals surface area (Å²) in [6.07, 6.45) is 2.00. The predicted molar refractivity (Wildman–Crippen MR) is 98.6 cm³/mol. The van der Waals surface area contributed by atoms with Crippen molar-refractivity contribution in [2.75, 3.05) is 26.2 Å². The summed E-state index contributed by atoms with van der Waals surface area (Å²) in [7, 11) is -7.95. The summed E-state index contributed by atoms with van der Waals surface area (Å²) in [5.41, 5.74) is 19.6. The van der Waals surface area contributed by atoms with Crippen LogP contribution < -0.4 is 33.1 Å². The number of rotatable bonds is 2. The van der Waals surface area contributed by atoms with E-state index in [1.807, 2.05) is 0 Å². The molecule has 0 fully saturated rings. The molecule has 14 nitrogen and oxygen atoms in total. The van der Waals surface area contributed by atoms with Gasteiger partial charge in [-0.1, -0.05) is 0 Å². The van der Waals surface area contributed by atoms with E-state index in [2.05, 4.69) is 17.2 Å². The zero-order valence-electron chi connectivity index (χ0n) is 15.6. The van der Waals surface area contributed by atoms with Crippen molar-refractivity contribution >= 4 is 32.4 Å². The van der Waals surface area contributed by atoms with Crippen molar-refractivity contribution in [2.45, 2.75) is 13.8 Å². The van der Waals surface area contributed by atoms with Gasteiger partial charge in [0.2, 0.25) is 0 Å². The predicted octanol–water partition coefficient (Wildman–Crippen LogP) is -4.35. The molecule has 2 heterocycles. The molecule has 0 saturated carbocycles. The molecule has 8 N–H and O–H groups in total. The Balaban J connectivity index is -0.000000336. The fraction of sp³-hybridized carbons (Fsp3) is 0.500. The topological polar surface area (TPSA) is 262 Å². The Morgan fingerprint density at radius 2 is 1.00 bits per heavy atom. The van der Waals surface area contributed by atoms with Gasteiger partial charge in [0.05, 0.1) is 0 Å². The number of allylic oxidation sites excluding steroid dienone is 2. The van der Waals surface area contributed by atoms with Gasteiger partial charge in [0.25, 0.3) is 0 Å². The van der Waals surface area contributed by atoms with Crippen LogP contribution in [0.15, 0.2) is 32.5 Å². The maximum absolute atomic E-state index is 10.4. The van der Waals surface area contributed by atoms with E-state index in [9.17, 15) is 27.0 Å². The van der Waals surface area contributed by atoms with E-state index in [0.29, 0.717) is 26.2 Å². The molecule has 0 unspecified atom stereocenters. The average molecular weight is 508 g/mol. The molecule has 0 spiro atoms. The second kappa shape index (κ2) is 16.1. The van der Waals surface area contributed by atoms with E-state index >= 15 is 0 Å². The molecule has 0 amide bonds. The van der Waals surface area contributed by atoms with Crippen LogP contribution in [0.5, 0.6) is 0 Å². The van der Waals surface area contributed by atoms with Gasteiger partial charge in [-0.05, 0) is 26.0 Å². The molecule has 0 aromatic rings. The van der Waals surface area contributed by atoms with Crippen molar-refractivity contribution in [1.82, 2.24) is 0 Å². The van der Waals surface area contributed by atoms with Crippen LogP contribution in [0.3, 0.4) is 0 Å². The molecule has 0 aliphatic carbocycles. The van der Waals surface area contributed by atoms with Gasteiger partial charge in [0.1, 0.15) is 11.5 Å². The molecule has 2 aliphatic rings. The van der Waals surface area contributed by atoms with Crippen molar-refractivity contribution in [2.24, 2.45) is 31.7 Å². The van der Waals surface area contributed by atoms with Crippen molar-refractivity contribution in [1.29, 1.82) is 0 Å². The molecular weight excluding hydrogens is 484 g/mol. The first-order valence-electron chi connectivity index (χ1n) is 7.42. The average Bonchev–Trinajstić information content (AvgIpc) is 2.51. The minimum atomic E-state index is -3.97. The molecule has 2 aliphatic heterocycles. The Bertz CT molecular complexity index is 736. The summed E-state index contributed by atoms with van der Waals surface area (Å²) >= 11 is 0. The summed E-state index contributed by atoms with van der Waals surface area (Å²) in [6, 6.07) is 0. The molecule has 173 valence electrons. The van der Waals surface area contributed by atoms with Gasteiger partial charge in [0.15, 0.2) is 0 Å². The third-order valence-corrected chi connectivity index (χ3v) is 3.62. The Hall–Kier alpha value is -1.72. The first-order valence-corrected chi connectivity index (χ1v) is 10.1. The number of hydrogen-bond donors (Lipinski definition) is 4. The van der Waals surface area contributed by atoms with Crippen molar-refractivity contribution < 1.29 is 52.5 Å². The van der Waals surface area contributed by atoms with Crippen LogP contribution in [0.25, 0.3) is 0 Å². The minimum absolute atomic E-state index is 0. The largest absolute Gasteiger partial charge is 2.00 e. The summed E-state index contributed by atoms with van der Waals surface area (Å²) in [4.78, 5) is 0. The quantitative estimate of drug-likeness (QED) is 0.258. The maximum Gasteiger partial charge on any atom is 2.00 e. The zero-order chi connectivity index (χ0) is 22.4. The van der Waals surface area contributed by atoms with Gasteiger partial charge in [-0.3, -0.25) is 0 Å². The third-order valence-electron chi connectivity index (χ3n) is 1.86. The molecule has 17 heteroatoms. The normalized spacial score (nSPS) is 17.6. The molecule has 0 saturated heterocycles. The first kappa shape index (κ1) is 32.0. The second-order valence-corrected chi connectivity index (χ2v) is 6.96. The molecule has 0 atom stereocenters. The van der Waals surface area contributed by atoms with Crippen LogP contribution in [0.1, 0.15) is 13.8 Å². The fourth-order valence-corrected chi connectivity index (χ4v) is 2.42. The Kier molecular flexibility index (Phi) is 17.8. The van der Waals surface area contributed by atoms with Gasteiger partial charge in [-0.15, -0.1) is 8.80 Å². The summed E-state index contributed by atoms with van der Waals surface area (Å²) in [5, 5.41) is 20.8. The number of nitrogens with zero attached hydrogens (tertiary/aromatic N) is 2. The Labute approximate surface area is 180 Å². The van der Waals surface area contributed by atoms with Crippen LogP contribution in [0.4, 0.5) is 0 Å². The van der Waals surface area contributed by atoms with Crippen LogP contribution in [0.2, 0.25) is 0 Å². The fourth-order valence-electron chi connectivity index (χ4n) is 1.04. The van der Waals surface area contributed by atoms with E-state index in [-0.39, 0.29) is 28.6 Å². The monoisotopic (exact) mass is 507 g/mol. The van der Waals surface area contributed by atoms with Crippen molar-refractivity contribution in [3.63, 3.8) is 0 Å². The van der Waals surface area contributed by atoms with Gasteiger partial charge >= 0.3 is 37.7 Å². The van der Waals surface area contributed by atoms with E-state index < -0.39 is 32.4 Å². The summed E-state index contributed by atoms with van der Waals surface area (Å²) < 4.78 is 55.5. The molecule has 0 bridgehead atoms. The van der Waals surface area contributed by atoms with Crippen LogP contribution in [-0.4, -0.2) is 54.8 Å². The molecular formula is C12H24CuN6O8S2. The van der Waals surface area contributed by atoms with E-state index in [1.165, 1.54) is 13.8 Å². The molecule has 0 aromatic carbocycles. The number of nitrogens with two attached hydrogens (primary N) is 4. The van der Waals surface area contributed by atoms with Crippen molar-refractivity contribution in [3.05, 3.63) is 23.7 Å². The second-order valence-electron chi connectivity index (χ2n) is 4.55. The minimum Gasteiger partial charge on any atom is -0.858 e. The van der Waals surface area contributed by atoms with Crippen LogP contribution >= 0.6 is 0 Å². The maximum atomic E-state index is 10.4. The SMILES string of the molecule is CC1=CC([O-])=NS(=O)(=O)O1.CC1=CC([O-])=NS(=O)(=O)O1.NCCN.NCCN.[Cu+2]. The molecule has 2 rings (SSSR count). The van der Waals surface area contributed by atoms with Crippen LogP contribution in [-0.2, 0) is 46.0 Å². The third kappa shape index (κ3) is 19.4. The van der Waals surface area contributed by atoms with E-state index in [4.69, 9.17) is 22.9 Å². The standard InChI is InChI=1S/2C4H5NO4S.2C2H8N2.Cu/c2*1-3-2-4(6)5-10(7,8)9-3;2*3-1-2-4;/h2*2H,1H3,(H,5,6);2*1-4H2;/q;;;;+2/p-2. The smallest absolute Gasteiger partial charge is 0.858 e.